The largest absolute Gasteiger partial charge is 0.469 e. The van der Waals surface area contributed by atoms with Gasteiger partial charge in [-0.2, -0.15) is 0 Å². The van der Waals surface area contributed by atoms with Gasteiger partial charge in [-0.25, -0.2) is 4.79 Å². The summed E-state index contributed by atoms with van der Waals surface area (Å²) in [6, 6.07) is -1.77. The molecule has 51 heavy (non-hydrogen) atoms. The van der Waals surface area contributed by atoms with Crippen LogP contribution in [0.2, 0.25) is 0 Å². The summed E-state index contributed by atoms with van der Waals surface area (Å²) >= 11 is 0. The highest BCUT2D eigenvalue weighted by Crippen LogP contribution is 2.18. The average Bonchev–Trinajstić information content (AvgIpc) is 3.07. The van der Waals surface area contributed by atoms with E-state index in [0.717, 1.165) is 0 Å². The predicted molar refractivity (Wildman–Crippen MR) is 179 cm³/mol. The number of carbonyl (C=O) groups is 7. The van der Waals surface area contributed by atoms with E-state index in [1.807, 2.05) is 0 Å². The molecule has 3 saturated heterocycles. The summed E-state index contributed by atoms with van der Waals surface area (Å²) in [6.07, 6.45) is -0.109. The van der Waals surface area contributed by atoms with Crippen molar-refractivity contribution in [3.05, 3.63) is 0 Å². The lowest BCUT2D eigenvalue weighted by atomic mass is 10.0. The first kappa shape index (κ1) is 41.4. The standard InChI is InChI=1S/C33H54N6O12/c1-33(2,3)51-32(46)39-22-10-7-19-50-28(22)31(45)35-15-12-24(41)37-20-8-5-17-48-26(20)29(43)34-14-11-23(40)38-21-9-6-18-49-27(21)30(44)36-16-13-25(42)47-4/h20-22,26-28H,5-19H2,1-4H3,(H,34,43)(H,35,45)(H,36,44)(H,37,41)(H,38,40)(H,39,46)/t20-,21-,22-,26-,27-,28-/m1/s1. The Balaban J connectivity index is 1.39. The molecule has 0 saturated carbocycles. The summed E-state index contributed by atoms with van der Waals surface area (Å²) in [5.74, 6) is -2.63. The fraction of sp³-hybridized carbons (Fsp3) is 0.788. The molecule has 0 aliphatic carbocycles. The number of alkyl carbamates (subject to hydrolysis) is 1. The Morgan fingerprint density at radius 2 is 0.961 bits per heavy atom. The predicted octanol–water partition coefficient (Wildman–Crippen LogP) is -0.922. The Bertz CT molecular complexity index is 1230. The van der Waals surface area contributed by atoms with Crippen molar-refractivity contribution >= 4 is 41.6 Å². The molecule has 0 aromatic heterocycles. The molecule has 3 aliphatic rings. The van der Waals surface area contributed by atoms with Gasteiger partial charge in [0.1, 0.15) is 5.60 Å². The quantitative estimate of drug-likeness (QED) is 0.112. The summed E-state index contributed by atoms with van der Waals surface area (Å²) in [4.78, 5) is 87.5. The molecule has 6 atom stereocenters. The lowest BCUT2D eigenvalue weighted by molar-refractivity contribution is -0.142. The number of rotatable bonds is 15. The molecule has 0 radical (unpaired) electrons. The smallest absolute Gasteiger partial charge is 0.407 e. The van der Waals surface area contributed by atoms with E-state index in [1.165, 1.54) is 7.11 Å². The summed E-state index contributed by atoms with van der Waals surface area (Å²) in [6.45, 7) is 6.33. The number of hydrogen-bond donors (Lipinski definition) is 6. The minimum atomic E-state index is -0.972. The van der Waals surface area contributed by atoms with Gasteiger partial charge >= 0.3 is 12.1 Å². The summed E-state index contributed by atoms with van der Waals surface area (Å²) in [5, 5.41) is 16.3. The molecule has 3 heterocycles. The number of methoxy groups -OCH3 is 1. The third-order valence-corrected chi connectivity index (χ3v) is 8.30. The molecule has 3 rings (SSSR count). The van der Waals surface area contributed by atoms with E-state index < -0.39 is 77.7 Å². The summed E-state index contributed by atoms with van der Waals surface area (Å²) in [7, 11) is 1.26. The number of amides is 6. The van der Waals surface area contributed by atoms with E-state index in [2.05, 4.69) is 36.6 Å². The maximum absolute atomic E-state index is 13.0. The van der Waals surface area contributed by atoms with Gasteiger partial charge in [0, 0.05) is 52.3 Å². The van der Waals surface area contributed by atoms with Crippen LogP contribution in [0.15, 0.2) is 0 Å². The average molecular weight is 727 g/mol. The lowest BCUT2D eigenvalue weighted by Gasteiger charge is -2.32. The second-order valence-corrected chi connectivity index (χ2v) is 13.6. The number of nitrogens with one attached hydrogen (secondary N) is 6. The normalized spacial score (nSPS) is 24.9. The maximum Gasteiger partial charge on any atom is 0.407 e. The fourth-order valence-corrected chi connectivity index (χ4v) is 5.87. The monoisotopic (exact) mass is 726 g/mol. The molecule has 0 unspecified atom stereocenters. The summed E-state index contributed by atoms with van der Waals surface area (Å²) < 4.78 is 26.7. The molecule has 0 bridgehead atoms. The second-order valence-electron chi connectivity index (χ2n) is 13.6. The van der Waals surface area contributed by atoms with Gasteiger partial charge in [0.05, 0.1) is 31.7 Å². The lowest BCUT2D eigenvalue weighted by Crippen LogP contribution is -2.56. The van der Waals surface area contributed by atoms with Crippen molar-refractivity contribution in [3.63, 3.8) is 0 Å². The zero-order valence-corrected chi connectivity index (χ0v) is 30.0. The Labute approximate surface area is 297 Å². The van der Waals surface area contributed by atoms with Crippen molar-refractivity contribution in [2.24, 2.45) is 0 Å². The molecule has 0 aromatic carbocycles. The van der Waals surface area contributed by atoms with E-state index >= 15 is 0 Å². The van der Waals surface area contributed by atoms with Crippen LogP contribution >= 0.6 is 0 Å². The van der Waals surface area contributed by atoms with Crippen molar-refractivity contribution < 1.29 is 57.2 Å². The van der Waals surface area contributed by atoms with Crippen LogP contribution in [0.3, 0.4) is 0 Å². The molecule has 18 nitrogen and oxygen atoms in total. The number of ether oxygens (including phenoxy) is 5. The molecule has 3 fully saturated rings. The van der Waals surface area contributed by atoms with E-state index in [4.69, 9.17) is 18.9 Å². The van der Waals surface area contributed by atoms with Crippen LogP contribution in [0, 0.1) is 0 Å². The van der Waals surface area contributed by atoms with Gasteiger partial charge in [-0.1, -0.05) is 0 Å². The molecular weight excluding hydrogens is 672 g/mol. The van der Waals surface area contributed by atoms with Crippen LogP contribution in [0.1, 0.15) is 78.6 Å². The van der Waals surface area contributed by atoms with Crippen molar-refractivity contribution in [2.75, 3.05) is 46.6 Å². The van der Waals surface area contributed by atoms with Gasteiger partial charge in [-0.15, -0.1) is 0 Å². The Kier molecular flexibility index (Phi) is 16.8. The van der Waals surface area contributed by atoms with E-state index in [-0.39, 0.29) is 44.8 Å². The SMILES string of the molecule is COC(=O)CCNC(=O)[C@@H]1OCCC[C@H]1NC(=O)CCNC(=O)[C@@H]1OCCC[C@H]1NC(=O)CCNC(=O)[C@@H]1OCCC[C@H]1NC(=O)OC(C)(C)C. The second kappa shape index (κ2) is 20.7. The Morgan fingerprint density at radius 1 is 0.588 bits per heavy atom. The highest BCUT2D eigenvalue weighted by molar-refractivity contribution is 5.86. The number of carbonyl (C=O) groups excluding carboxylic acids is 7. The topological polar surface area (TPSA) is 238 Å². The molecule has 288 valence electrons. The van der Waals surface area contributed by atoms with Crippen LogP contribution in [-0.4, -0.2) is 130 Å². The van der Waals surface area contributed by atoms with Crippen LogP contribution < -0.4 is 31.9 Å². The molecule has 0 spiro atoms. The van der Waals surface area contributed by atoms with Crippen molar-refractivity contribution in [3.8, 4) is 0 Å². The van der Waals surface area contributed by atoms with Gasteiger partial charge in [-0.05, 0) is 59.3 Å². The van der Waals surface area contributed by atoms with E-state index in [0.29, 0.717) is 58.3 Å². The summed E-state index contributed by atoms with van der Waals surface area (Å²) in [5.41, 5.74) is -0.697. The third kappa shape index (κ3) is 14.6. The van der Waals surface area contributed by atoms with Crippen LogP contribution in [0.4, 0.5) is 4.79 Å². The Morgan fingerprint density at radius 3 is 1.33 bits per heavy atom. The molecule has 6 N–H and O–H groups in total. The van der Waals surface area contributed by atoms with Gasteiger partial charge in [0.15, 0.2) is 18.3 Å². The highest BCUT2D eigenvalue weighted by atomic mass is 16.6. The number of esters is 1. The van der Waals surface area contributed by atoms with Crippen LogP contribution in [-0.2, 0) is 52.5 Å². The van der Waals surface area contributed by atoms with Crippen molar-refractivity contribution in [1.29, 1.82) is 0 Å². The highest BCUT2D eigenvalue weighted by Gasteiger charge is 2.36. The van der Waals surface area contributed by atoms with E-state index in [1.54, 1.807) is 20.8 Å². The van der Waals surface area contributed by atoms with E-state index in [9.17, 15) is 33.6 Å². The molecular formula is C33H54N6O12. The van der Waals surface area contributed by atoms with Gasteiger partial charge < -0.3 is 55.6 Å². The zero-order chi connectivity index (χ0) is 37.4. The Hall–Kier alpha value is -4.03. The third-order valence-electron chi connectivity index (χ3n) is 8.30. The first-order chi connectivity index (χ1) is 24.3. The first-order valence-electron chi connectivity index (χ1n) is 17.6. The molecule has 3 aliphatic heterocycles. The minimum absolute atomic E-state index is 0.00524. The molecule has 0 aromatic rings. The van der Waals surface area contributed by atoms with Crippen LogP contribution in [0.25, 0.3) is 0 Å². The van der Waals surface area contributed by atoms with Crippen molar-refractivity contribution in [2.45, 2.75) is 121 Å². The van der Waals surface area contributed by atoms with Gasteiger partial charge in [0.25, 0.3) is 17.7 Å². The number of hydrogen-bond acceptors (Lipinski definition) is 12. The first-order valence-corrected chi connectivity index (χ1v) is 17.6. The molecule has 18 heteroatoms. The van der Waals surface area contributed by atoms with Crippen LogP contribution in [0.5, 0.6) is 0 Å². The zero-order valence-electron chi connectivity index (χ0n) is 30.0. The fourth-order valence-electron chi connectivity index (χ4n) is 5.87. The van der Waals surface area contributed by atoms with Gasteiger partial charge in [-0.3, -0.25) is 28.8 Å². The molecule has 6 amide bonds. The minimum Gasteiger partial charge on any atom is -0.469 e. The maximum atomic E-state index is 13.0. The van der Waals surface area contributed by atoms with Crippen molar-refractivity contribution in [1.82, 2.24) is 31.9 Å². The van der Waals surface area contributed by atoms with Gasteiger partial charge in [0.2, 0.25) is 11.8 Å².